The summed E-state index contributed by atoms with van der Waals surface area (Å²) in [6.07, 6.45) is 5.47. The molecule has 0 bridgehead atoms. The van der Waals surface area contributed by atoms with E-state index in [1.165, 1.54) is 31.2 Å². The third kappa shape index (κ3) is 4.00. The molecule has 1 heterocycles. The Hall–Kier alpha value is -1.10. The molecular formula is C18H29N3O. The lowest BCUT2D eigenvalue weighted by Gasteiger charge is -2.19. The van der Waals surface area contributed by atoms with Crippen molar-refractivity contribution in [1.29, 1.82) is 0 Å². The van der Waals surface area contributed by atoms with Crippen molar-refractivity contribution in [3.8, 4) is 5.75 Å². The fourth-order valence-corrected chi connectivity index (χ4v) is 3.57. The number of hydrazine groups is 1. The number of benzene rings is 1. The fraction of sp³-hybridized carbons (Fsp3) is 0.667. The van der Waals surface area contributed by atoms with E-state index in [1.54, 1.807) is 0 Å². The lowest BCUT2D eigenvalue weighted by molar-refractivity contribution is 0.210. The molecule has 0 amide bonds. The molecule has 1 aromatic carbocycles. The van der Waals surface area contributed by atoms with Gasteiger partial charge in [0.2, 0.25) is 0 Å². The second kappa shape index (κ2) is 7.44. The Morgan fingerprint density at radius 1 is 1.14 bits per heavy atom. The Morgan fingerprint density at radius 2 is 1.86 bits per heavy atom. The first-order valence-corrected chi connectivity index (χ1v) is 8.70. The van der Waals surface area contributed by atoms with Gasteiger partial charge in [0.05, 0.1) is 6.10 Å². The Balaban J connectivity index is 1.47. The monoisotopic (exact) mass is 303 g/mol. The molecule has 3 N–H and O–H groups in total. The van der Waals surface area contributed by atoms with Gasteiger partial charge in [-0.05, 0) is 57.2 Å². The van der Waals surface area contributed by atoms with E-state index in [1.807, 2.05) is 0 Å². The Morgan fingerprint density at radius 3 is 2.59 bits per heavy atom. The predicted molar refractivity (Wildman–Crippen MR) is 89.7 cm³/mol. The van der Waals surface area contributed by atoms with E-state index >= 15 is 0 Å². The first-order chi connectivity index (χ1) is 10.7. The maximum Gasteiger partial charge on any atom is 0.120 e. The molecule has 3 rings (SSSR count). The lowest BCUT2D eigenvalue weighted by atomic mass is 9.97. The molecule has 22 heavy (non-hydrogen) atoms. The second-order valence-electron chi connectivity index (χ2n) is 6.83. The van der Waals surface area contributed by atoms with Crippen LogP contribution in [0.25, 0.3) is 0 Å². The second-order valence-corrected chi connectivity index (χ2v) is 6.83. The van der Waals surface area contributed by atoms with Gasteiger partial charge in [0, 0.05) is 31.1 Å². The summed E-state index contributed by atoms with van der Waals surface area (Å²) in [6, 6.07) is 9.57. The summed E-state index contributed by atoms with van der Waals surface area (Å²) in [5.74, 6) is 1.65. The van der Waals surface area contributed by atoms with Gasteiger partial charge in [0.1, 0.15) is 5.75 Å². The van der Waals surface area contributed by atoms with Gasteiger partial charge >= 0.3 is 0 Å². The van der Waals surface area contributed by atoms with E-state index < -0.39 is 0 Å². The third-order valence-electron chi connectivity index (χ3n) is 5.04. The van der Waals surface area contributed by atoms with Gasteiger partial charge in [-0.15, -0.1) is 0 Å². The van der Waals surface area contributed by atoms with Crippen LogP contribution in [-0.2, 0) is 6.54 Å². The van der Waals surface area contributed by atoms with E-state index in [9.17, 15) is 0 Å². The Bertz CT molecular complexity index is 463. The smallest absolute Gasteiger partial charge is 0.120 e. The summed E-state index contributed by atoms with van der Waals surface area (Å²) in [5.41, 5.74) is 7.92. The molecule has 2 unspecified atom stereocenters. The van der Waals surface area contributed by atoms with Crippen molar-refractivity contribution in [3.05, 3.63) is 29.8 Å². The zero-order valence-electron chi connectivity index (χ0n) is 13.8. The summed E-state index contributed by atoms with van der Waals surface area (Å²) < 4.78 is 6.08. The average molecular weight is 303 g/mol. The maximum atomic E-state index is 6.08. The zero-order valence-corrected chi connectivity index (χ0v) is 13.8. The van der Waals surface area contributed by atoms with E-state index in [2.05, 4.69) is 54.3 Å². The minimum atomic E-state index is 0.431. The van der Waals surface area contributed by atoms with E-state index in [0.29, 0.717) is 24.1 Å². The Labute approximate surface area is 134 Å². The highest BCUT2D eigenvalue weighted by Gasteiger charge is 2.28. The van der Waals surface area contributed by atoms with Crippen LogP contribution in [0, 0.1) is 5.92 Å². The van der Waals surface area contributed by atoms with Gasteiger partial charge in [0.25, 0.3) is 0 Å². The van der Waals surface area contributed by atoms with Crippen molar-refractivity contribution < 1.29 is 4.74 Å². The van der Waals surface area contributed by atoms with Gasteiger partial charge in [-0.25, -0.2) is 0 Å². The van der Waals surface area contributed by atoms with Crippen LogP contribution in [0.15, 0.2) is 24.3 Å². The molecule has 1 saturated carbocycles. The molecule has 2 atom stereocenters. The zero-order chi connectivity index (χ0) is 15.4. The van der Waals surface area contributed by atoms with E-state index in [-0.39, 0.29) is 0 Å². The number of nitrogens with one attached hydrogen (secondary N) is 3. The van der Waals surface area contributed by atoms with Crippen molar-refractivity contribution in [2.75, 3.05) is 6.54 Å². The standard InChI is InChI=1S/C18H29N3O/c1-13-18(14(2)21-20-13)12-19-11-15-6-5-9-17(10-15)22-16-7-3-4-8-16/h5-6,9-10,13-14,16,18-21H,3-4,7-8,11-12H2,1-2H3. The number of ether oxygens (including phenoxy) is 1. The summed E-state index contributed by atoms with van der Waals surface area (Å²) >= 11 is 0. The normalized spacial score (nSPS) is 29.1. The number of hydrogen-bond donors (Lipinski definition) is 3. The predicted octanol–water partition coefficient (Wildman–Crippen LogP) is 2.60. The van der Waals surface area contributed by atoms with Crippen LogP contribution in [0.4, 0.5) is 0 Å². The van der Waals surface area contributed by atoms with Crippen molar-refractivity contribution in [1.82, 2.24) is 16.2 Å². The lowest BCUT2D eigenvalue weighted by Crippen LogP contribution is -2.33. The molecule has 1 aliphatic heterocycles. The molecular weight excluding hydrogens is 274 g/mol. The molecule has 0 spiro atoms. The highest BCUT2D eigenvalue weighted by molar-refractivity contribution is 5.28. The van der Waals surface area contributed by atoms with Crippen LogP contribution in [0.2, 0.25) is 0 Å². The summed E-state index contributed by atoms with van der Waals surface area (Å²) in [5, 5.41) is 3.59. The number of rotatable bonds is 6. The highest BCUT2D eigenvalue weighted by atomic mass is 16.5. The summed E-state index contributed by atoms with van der Waals surface area (Å²) in [6.45, 7) is 6.39. The van der Waals surface area contributed by atoms with Crippen molar-refractivity contribution in [2.24, 2.45) is 5.92 Å². The molecule has 1 aromatic rings. The van der Waals surface area contributed by atoms with Crippen molar-refractivity contribution >= 4 is 0 Å². The average Bonchev–Trinajstić information content (AvgIpc) is 3.12. The first kappa shape index (κ1) is 15.8. The van der Waals surface area contributed by atoms with Crippen molar-refractivity contribution in [3.63, 3.8) is 0 Å². The summed E-state index contributed by atoms with van der Waals surface area (Å²) in [4.78, 5) is 0. The molecule has 1 saturated heterocycles. The molecule has 0 radical (unpaired) electrons. The van der Waals surface area contributed by atoms with E-state index in [0.717, 1.165) is 18.8 Å². The van der Waals surface area contributed by atoms with Crippen LogP contribution in [0.1, 0.15) is 45.1 Å². The van der Waals surface area contributed by atoms with Gasteiger partial charge in [-0.3, -0.25) is 10.9 Å². The van der Waals surface area contributed by atoms with E-state index in [4.69, 9.17) is 4.74 Å². The molecule has 2 fully saturated rings. The van der Waals surface area contributed by atoms with Crippen LogP contribution in [-0.4, -0.2) is 24.7 Å². The molecule has 0 aromatic heterocycles. The molecule has 1 aliphatic carbocycles. The topological polar surface area (TPSA) is 45.3 Å². The van der Waals surface area contributed by atoms with Crippen molar-refractivity contribution in [2.45, 2.75) is 64.3 Å². The van der Waals surface area contributed by atoms with Crippen LogP contribution < -0.4 is 20.9 Å². The van der Waals surface area contributed by atoms with Gasteiger partial charge in [-0.2, -0.15) is 0 Å². The molecule has 122 valence electrons. The maximum absolute atomic E-state index is 6.08. The number of hydrogen-bond acceptors (Lipinski definition) is 4. The highest BCUT2D eigenvalue weighted by Crippen LogP contribution is 2.24. The van der Waals surface area contributed by atoms with Crippen LogP contribution >= 0.6 is 0 Å². The molecule has 4 nitrogen and oxygen atoms in total. The summed E-state index contributed by atoms with van der Waals surface area (Å²) in [7, 11) is 0. The largest absolute Gasteiger partial charge is 0.490 e. The van der Waals surface area contributed by atoms with Gasteiger partial charge in [-0.1, -0.05) is 12.1 Å². The minimum absolute atomic E-state index is 0.431. The Kier molecular flexibility index (Phi) is 5.34. The quantitative estimate of drug-likeness (QED) is 0.756. The fourth-order valence-electron chi connectivity index (χ4n) is 3.57. The minimum Gasteiger partial charge on any atom is -0.490 e. The van der Waals surface area contributed by atoms with Crippen LogP contribution in [0.5, 0.6) is 5.75 Å². The third-order valence-corrected chi connectivity index (χ3v) is 5.04. The molecule has 4 heteroatoms. The SMILES string of the molecule is CC1NNC(C)C1CNCc1cccc(OC2CCCC2)c1. The van der Waals surface area contributed by atoms with Gasteiger partial charge in [0.15, 0.2) is 0 Å². The van der Waals surface area contributed by atoms with Crippen LogP contribution in [0.3, 0.4) is 0 Å². The first-order valence-electron chi connectivity index (χ1n) is 8.70. The van der Waals surface area contributed by atoms with Gasteiger partial charge < -0.3 is 10.1 Å². The molecule has 2 aliphatic rings.